The van der Waals surface area contributed by atoms with Gasteiger partial charge in [0.15, 0.2) is 0 Å². The molecule has 8 heteroatoms. The Bertz CT molecular complexity index is 1380. The van der Waals surface area contributed by atoms with Crippen LogP contribution in [-0.4, -0.2) is 41.2 Å². The fourth-order valence-electron chi connectivity index (χ4n) is 6.44. The normalized spacial score (nSPS) is 28.9. The Kier molecular flexibility index (Phi) is 4.44. The zero-order valence-electron chi connectivity index (χ0n) is 18.7. The van der Waals surface area contributed by atoms with E-state index in [1.165, 1.54) is 22.9 Å². The molecule has 5 heterocycles. The lowest BCUT2D eigenvalue weighted by Gasteiger charge is -2.53. The third-order valence-electron chi connectivity index (χ3n) is 8.13. The molecule has 0 amide bonds. The van der Waals surface area contributed by atoms with Gasteiger partial charge < -0.3 is 8.98 Å². The topological polar surface area (TPSA) is 68.3 Å². The van der Waals surface area contributed by atoms with Crippen molar-refractivity contribution in [3.63, 3.8) is 0 Å². The van der Waals surface area contributed by atoms with Crippen LogP contribution in [0.3, 0.4) is 0 Å². The van der Waals surface area contributed by atoms with Crippen LogP contribution in [0, 0.1) is 19.3 Å². The van der Waals surface area contributed by atoms with Crippen molar-refractivity contribution in [2.45, 2.75) is 64.2 Å². The second kappa shape index (κ2) is 6.84. The lowest BCUT2D eigenvalue weighted by Crippen LogP contribution is -2.51. The summed E-state index contributed by atoms with van der Waals surface area (Å²) in [5.74, 6) is 1.42. The zero-order chi connectivity index (χ0) is 22.4. The van der Waals surface area contributed by atoms with Crippen LogP contribution >= 0.6 is 10.7 Å². The molecule has 0 bridgehead atoms. The van der Waals surface area contributed by atoms with Crippen molar-refractivity contribution in [2.75, 3.05) is 13.1 Å². The number of halogens is 1. The van der Waals surface area contributed by atoms with Gasteiger partial charge in [-0.1, -0.05) is 13.0 Å². The quantitative estimate of drug-likeness (QED) is 0.641. The number of oxazole rings is 1. The van der Waals surface area contributed by atoms with Gasteiger partial charge in [-0.3, -0.25) is 4.90 Å². The van der Waals surface area contributed by atoms with Gasteiger partial charge in [0.25, 0.3) is 0 Å². The van der Waals surface area contributed by atoms with Crippen LogP contribution in [0.5, 0.6) is 0 Å². The Morgan fingerprint density at radius 3 is 2.81 bits per heavy atom. The number of aryl methyl sites for hydroxylation is 2. The molecule has 0 radical (unpaired) electrons. The molecule has 32 heavy (non-hydrogen) atoms. The van der Waals surface area contributed by atoms with E-state index in [0.29, 0.717) is 18.4 Å². The van der Waals surface area contributed by atoms with E-state index < -0.39 is 14.3 Å². The number of nitrogens with zero attached hydrogens (tertiary/aromatic N) is 3. The van der Waals surface area contributed by atoms with Crippen LogP contribution in [0.4, 0.5) is 0 Å². The van der Waals surface area contributed by atoms with Crippen molar-refractivity contribution in [2.24, 2.45) is 5.41 Å². The number of fused-ring (bicyclic) bond motifs is 3. The third kappa shape index (κ3) is 2.74. The standard InChI is InChI=1S/C24H28ClN3O3S/c1-4-24-9-5-10-27-11-8-18-17-7-6-16(32(25,29)30)12-19(17)28(21(18)22(24)27)20(13-24)23-26-14(2)15(3)31-23/h7,12-13,16,22H,4-6,8-11H2,1-3H3/t16?,22?,24-/m0/s1. The molecular weight excluding hydrogens is 446 g/mol. The van der Waals surface area contributed by atoms with Crippen LogP contribution in [0.25, 0.3) is 17.8 Å². The van der Waals surface area contributed by atoms with Gasteiger partial charge in [-0.15, -0.1) is 0 Å². The maximum atomic E-state index is 12.2. The lowest BCUT2D eigenvalue weighted by molar-refractivity contribution is 0.0264. The number of rotatable bonds is 3. The molecule has 0 N–H and O–H groups in total. The van der Waals surface area contributed by atoms with Crippen molar-refractivity contribution in [3.8, 4) is 0 Å². The van der Waals surface area contributed by atoms with Crippen molar-refractivity contribution in [3.05, 3.63) is 45.2 Å². The Labute approximate surface area is 192 Å². The minimum absolute atomic E-state index is 0.0218. The molecule has 1 fully saturated rings. The Hall–Kier alpha value is -1.83. The van der Waals surface area contributed by atoms with Crippen molar-refractivity contribution in [1.29, 1.82) is 0 Å². The molecule has 6 rings (SSSR count). The van der Waals surface area contributed by atoms with Gasteiger partial charge in [0.2, 0.25) is 14.9 Å². The van der Waals surface area contributed by atoms with Crippen LogP contribution in [-0.2, 0) is 15.5 Å². The van der Waals surface area contributed by atoms with Gasteiger partial charge in [-0.25, -0.2) is 13.4 Å². The van der Waals surface area contributed by atoms with Crippen LogP contribution in [0.2, 0.25) is 0 Å². The first-order valence-corrected chi connectivity index (χ1v) is 13.9. The maximum absolute atomic E-state index is 12.2. The van der Waals surface area contributed by atoms with E-state index in [1.807, 2.05) is 19.9 Å². The van der Waals surface area contributed by atoms with E-state index in [9.17, 15) is 8.42 Å². The molecule has 3 atom stereocenters. The molecule has 0 spiro atoms. The van der Waals surface area contributed by atoms with E-state index in [4.69, 9.17) is 20.1 Å². The van der Waals surface area contributed by atoms with Crippen LogP contribution < -0.4 is 10.6 Å². The summed E-state index contributed by atoms with van der Waals surface area (Å²) in [5.41, 5.74) is 4.50. The van der Waals surface area contributed by atoms with E-state index in [0.717, 1.165) is 54.9 Å². The van der Waals surface area contributed by atoms with Crippen molar-refractivity contribution in [1.82, 2.24) is 14.5 Å². The first-order chi connectivity index (χ1) is 15.2. The summed E-state index contributed by atoms with van der Waals surface area (Å²) in [6.45, 7) is 8.33. The van der Waals surface area contributed by atoms with Gasteiger partial charge in [0.1, 0.15) is 11.5 Å². The molecule has 1 saturated heterocycles. The smallest absolute Gasteiger partial charge is 0.243 e. The number of piperidine rings is 1. The first kappa shape index (κ1) is 20.8. The fraction of sp³-hybridized carbons (Fsp3) is 0.542. The summed E-state index contributed by atoms with van der Waals surface area (Å²) < 4.78 is 32.8. The zero-order valence-corrected chi connectivity index (χ0v) is 20.3. The predicted octanol–water partition coefficient (Wildman–Crippen LogP) is 2.99. The molecule has 2 aromatic rings. The average molecular weight is 474 g/mol. The molecular formula is C24H28ClN3O3S. The molecule has 170 valence electrons. The molecule has 3 aliphatic heterocycles. The van der Waals surface area contributed by atoms with Crippen LogP contribution in [0.1, 0.15) is 67.3 Å². The molecule has 0 aromatic carbocycles. The number of hydrogen-bond acceptors (Lipinski definition) is 5. The molecule has 4 aliphatic rings. The van der Waals surface area contributed by atoms with E-state index in [2.05, 4.69) is 28.5 Å². The average Bonchev–Trinajstić information content (AvgIpc) is 3.28. The highest BCUT2D eigenvalue weighted by Crippen LogP contribution is 2.55. The highest BCUT2D eigenvalue weighted by molar-refractivity contribution is 8.14. The maximum Gasteiger partial charge on any atom is 0.243 e. The molecule has 2 aromatic heterocycles. The SMILES string of the molecule is CC[C@@]12C=C(c3nc(C)c(C)o3)n3c4c(c5c3=CC(S(=O)(=O)Cl)CC=5)CCN(CCC1)C42. The summed E-state index contributed by atoms with van der Waals surface area (Å²) in [5, 5.41) is 1.37. The van der Waals surface area contributed by atoms with E-state index in [-0.39, 0.29) is 5.41 Å². The van der Waals surface area contributed by atoms with Crippen molar-refractivity contribution >= 4 is 37.6 Å². The summed E-state index contributed by atoms with van der Waals surface area (Å²) in [6.07, 6.45) is 11.0. The summed E-state index contributed by atoms with van der Waals surface area (Å²) in [7, 11) is 2.10. The summed E-state index contributed by atoms with van der Waals surface area (Å²) >= 11 is 0. The van der Waals surface area contributed by atoms with Gasteiger partial charge >= 0.3 is 0 Å². The highest BCUT2D eigenvalue weighted by Gasteiger charge is 2.51. The van der Waals surface area contributed by atoms with Gasteiger partial charge in [-0.2, -0.15) is 0 Å². The Balaban J connectivity index is 1.72. The minimum atomic E-state index is -3.70. The molecule has 2 unspecified atom stereocenters. The second-order valence-corrected chi connectivity index (χ2v) is 12.5. The Morgan fingerprint density at radius 2 is 2.12 bits per heavy atom. The lowest BCUT2D eigenvalue weighted by atomic mass is 9.66. The van der Waals surface area contributed by atoms with Gasteiger partial charge in [-0.05, 0) is 75.4 Å². The summed E-state index contributed by atoms with van der Waals surface area (Å²) in [6, 6.07) is 0.296. The first-order valence-electron chi connectivity index (χ1n) is 11.5. The second-order valence-electron chi connectivity index (χ2n) is 9.69. The molecule has 1 aliphatic carbocycles. The van der Waals surface area contributed by atoms with Crippen LogP contribution in [0.15, 0.2) is 10.5 Å². The predicted molar refractivity (Wildman–Crippen MR) is 125 cm³/mol. The molecule has 6 nitrogen and oxygen atoms in total. The minimum Gasteiger partial charge on any atom is -0.440 e. The van der Waals surface area contributed by atoms with Gasteiger partial charge in [0, 0.05) is 28.3 Å². The number of aromatic nitrogens is 2. The van der Waals surface area contributed by atoms with Gasteiger partial charge in [0.05, 0.1) is 22.3 Å². The third-order valence-corrected chi connectivity index (χ3v) is 9.87. The largest absolute Gasteiger partial charge is 0.440 e. The fourth-order valence-corrected chi connectivity index (χ4v) is 7.43. The molecule has 0 saturated carbocycles. The Morgan fingerprint density at radius 1 is 1.31 bits per heavy atom. The van der Waals surface area contributed by atoms with Crippen molar-refractivity contribution < 1.29 is 12.8 Å². The number of hydrogen-bond donors (Lipinski definition) is 0. The van der Waals surface area contributed by atoms with E-state index >= 15 is 0 Å². The summed E-state index contributed by atoms with van der Waals surface area (Å²) in [4.78, 5) is 7.39. The van der Waals surface area contributed by atoms with E-state index in [1.54, 1.807) is 0 Å². The highest BCUT2D eigenvalue weighted by atomic mass is 35.7. The monoisotopic (exact) mass is 473 g/mol.